The molecule has 1 aliphatic carbocycles. The molecule has 0 bridgehead atoms. The van der Waals surface area contributed by atoms with E-state index in [1.165, 1.54) is 12.8 Å². The maximum Gasteiger partial charge on any atom is 0.213 e. The topological polar surface area (TPSA) is 34.1 Å². The molecule has 0 atom stereocenters. The molecular formula is C10H13BrN2O. The van der Waals surface area contributed by atoms with Gasteiger partial charge in [0.2, 0.25) is 5.88 Å². The largest absolute Gasteiger partial charge is 0.476 e. The highest BCUT2D eigenvalue weighted by molar-refractivity contribution is 9.10. The summed E-state index contributed by atoms with van der Waals surface area (Å²) in [5, 5.41) is 3.38. The van der Waals surface area contributed by atoms with Crippen molar-refractivity contribution in [2.45, 2.75) is 18.9 Å². The molecule has 1 aliphatic rings. The number of rotatable bonds is 5. The van der Waals surface area contributed by atoms with Crippen LogP contribution >= 0.6 is 15.9 Å². The fraction of sp³-hybridized carbons (Fsp3) is 0.500. The van der Waals surface area contributed by atoms with Crippen molar-refractivity contribution in [3.63, 3.8) is 0 Å². The molecule has 0 amide bonds. The lowest BCUT2D eigenvalue weighted by atomic mass is 10.5. The van der Waals surface area contributed by atoms with Gasteiger partial charge >= 0.3 is 0 Å². The van der Waals surface area contributed by atoms with Crippen molar-refractivity contribution < 1.29 is 4.74 Å². The van der Waals surface area contributed by atoms with Gasteiger partial charge in [-0.05, 0) is 34.8 Å². The van der Waals surface area contributed by atoms with Crippen LogP contribution in [0.5, 0.6) is 5.88 Å². The van der Waals surface area contributed by atoms with Crippen LogP contribution in [0.1, 0.15) is 12.8 Å². The molecule has 0 aromatic carbocycles. The number of nitrogens with zero attached hydrogens (tertiary/aromatic N) is 1. The lowest BCUT2D eigenvalue weighted by Crippen LogP contribution is -2.22. The van der Waals surface area contributed by atoms with Gasteiger partial charge in [0.1, 0.15) is 6.61 Å². The van der Waals surface area contributed by atoms with Crippen molar-refractivity contribution in [1.29, 1.82) is 0 Å². The summed E-state index contributed by atoms with van der Waals surface area (Å²) in [6, 6.07) is 4.54. The van der Waals surface area contributed by atoms with Crippen molar-refractivity contribution in [2.24, 2.45) is 0 Å². The van der Waals surface area contributed by atoms with E-state index in [9.17, 15) is 0 Å². The molecule has 1 aromatic rings. The number of halogens is 1. The number of hydrogen-bond donors (Lipinski definition) is 1. The third-order valence-corrected chi connectivity index (χ3v) is 2.53. The summed E-state index contributed by atoms with van der Waals surface area (Å²) in [6.45, 7) is 1.59. The highest BCUT2D eigenvalue weighted by Gasteiger charge is 2.19. The fourth-order valence-electron chi connectivity index (χ4n) is 1.15. The van der Waals surface area contributed by atoms with Gasteiger partial charge in [-0.25, -0.2) is 4.98 Å². The van der Waals surface area contributed by atoms with E-state index >= 15 is 0 Å². The Labute approximate surface area is 92.0 Å². The second kappa shape index (κ2) is 4.75. The lowest BCUT2D eigenvalue weighted by molar-refractivity contribution is 0.302. The molecule has 76 valence electrons. The second-order valence-corrected chi connectivity index (χ2v) is 4.31. The molecule has 0 radical (unpaired) electrons. The van der Waals surface area contributed by atoms with Crippen LogP contribution in [0.2, 0.25) is 0 Å². The molecule has 0 unspecified atom stereocenters. The van der Waals surface area contributed by atoms with Crippen LogP contribution < -0.4 is 10.1 Å². The fourth-order valence-corrected chi connectivity index (χ4v) is 1.39. The molecule has 0 saturated heterocycles. The first-order valence-corrected chi connectivity index (χ1v) is 5.61. The summed E-state index contributed by atoms with van der Waals surface area (Å²) in [4.78, 5) is 4.11. The number of nitrogens with one attached hydrogen (secondary N) is 1. The smallest absolute Gasteiger partial charge is 0.213 e. The number of hydrogen-bond acceptors (Lipinski definition) is 3. The third-order valence-electron chi connectivity index (χ3n) is 2.06. The van der Waals surface area contributed by atoms with E-state index in [1.54, 1.807) is 6.20 Å². The third kappa shape index (κ3) is 3.27. The van der Waals surface area contributed by atoms with Crippen molar-refractivity contribution >= 4 is 15.9 Å². The Morgan fingerprint density at radius 1 is 1.50 bits per heavy atom. The summed E-state index contributed by atoms with van der Waals surface area (Å²) in [7, 11) is 0. The SMILES string of the molecule is Brc1ccc(OCCNC2CC2)nc1. The molecule has 0 aliphatic heterocycles. The van der Waals surface area contributed by atoms with Gasteiger partial charge < -0.3 is 10.1 Å². The number of ether oxygens (including phenoxy) is 1. The minimum absolute atomic E-state index is 0.686. The average Bonchev–Trinajstić information content (AvgIpc) is 2.99. The van der Waals surface area contributed by atoms with Gasteiger partial charge in [-0.1, -0.05) is 0 Å². The zero-order valence-electron chi connectivity index (χ0n) is 7.87. The van der Waals surface area contributed by atoms with Gasteiger partial charge in [-0.2, -0.15) is 0 Å². The van der Waals surface area contributed by atoms with Crippen LogP contribution in [0.15, 0.2) is 22.8 Å². The molecule has 1 heterocycles. The normalized spacial score (nSPS) is 15.5. The molecular weight excluding hydrogens is 244 g/mol. The molecule has 2 rings (SSSR count). The highest BCUT2D eigenvalue weighted by Crippen LogP contribution is 2.18. The minimum Gasteiger partial charge on any atom is -0.476 e. The summed E-state index contributed by atoms with van der Waals surface area (Å²) in [5.74, 6) is 0.686. The van der Waals surface area contributed by atoms with Crippen LogP contribution in [0.3, 0.4) is 0 Å². The molecule has 1 aromatic heterocycles. The zero-order chi connectivity index (χ0) is 9.80. The Hall–Kier alpha value is -0.610. The van der Waals surface area contributed by atoms with Crippen LogP contribution in [0.25, 0.3) is 0 Å². The number of aromatic nitrogens is 1. The summed E-state index contributed by atoms with van der Waals surface area (Å²) in [5.41, 5.74) is 0. The van der Waals surface area contributed by atoms with Gasteiger partial charge in [0.25, 0.3) is 0 Å². The first-order valence-electron chi connectivity index (χ1n) is 4.82. The van der Waals surface area contributed by atoms with Gasteiger partial charge in [-0.3, -0.25) is 0 Å². The average molecular weight is 257 g/mol. The molecule has 1 fully saturated rings. The van der Waals surface area contributed by atoms with E-state index in [-0.39, 0.29) is 0 Å². The predicted octanol–water partition coefficient (Wildman–Crippen LogP) is 1.97. The Bertz CT molecular complexity index is 285. The molecule has 1 saturated carbocycles. The first kappa shape index (κ1) is 9.93. The van der Waals surface area contributed by atoms with Gasteiger partial charge in [-0.15, -0.1) is 0 Å². The minimum atomic E-state index is 0.686. The van der Waals surface area contributed by atoms with Crippen molar-refractivity contribution in [3.05, 3.63) is 22.8 Å². The van der Waals surface area contributed by atoms with Crippen molar-refractivity contribution in [3.8, 4) is 5.88 Å². The van der Waals surface area contributed by atoms with E-state index < -0.39 is 0 Å². The van der Waals surface area contributed by atoms with Crippen LogP contribution in [-0.4, -0.2) is 24.2 Å². The quantitative estimate of drug-likeness (QED) is 0.819. The van der Waals surface area contributed by atoms with Crippen molar-refractivity contribution in [1.82, 2.24) is 10.3 Å². The molecule has 4 heteroatoms. The maximum atomic E-state index is 5.44. The maximum absolute atomic E-state index is 5.44. The standard InChI is InChI=1S/C10H13BrN2O/c11-8-1-4-10(13-7-8)14-6-5-12-9-2-3-9/h1,4,7,9,12H,2-3,5-6H2. The molecule has 3 nitrogen and oxygen atoms in total. The van der Waals surface area contributed by atoms with E-state index in [4.69, 9.17) is 4.74 Å². The Morgan fingerprint density at radius 3 is 3.00 bits per heavy atom. The Morgan fingerprint density at radius 2 is 2.36 bits per heavy atom. The first-order chi connectivity index (χ1) is 6.84. The van der Waals surface area contributed by atoms with E-state index in [0.29, 0.717) is 12.5 Å². The van der Waals surface area contributed by atoms with E-state index in [0.717, 1.165) is 17.1 Å². The molecule has 1 N–H and O–H groups in total. The second-order valence-electron chi connectivity index (χ2n) is 3.39. The zero-order valence-corrected chi connectivity index (χ0v) is 9.46. The number of pyridine rings is 1. The highest BCUT2D eigenvalue weighted by atomic mass is 79.9. The van der Waals surface area contributed by atoms with E-state index in [2.05, 4.69) is 26.2 Å². The lowest BCUT2D eigenvalue weighted by Gasteiger charge is -2.05. The molecule has 14 heavy (non-hydrogen) atoms. The van der Waals surface area contributed by atoms with Gasteiger partial charge in [0.05, 0.1) is 0 Å². The predicted molar refractivity (Wildman–Crippen MR) is 58.5 cm³/mol. The van der Waals surface area contributed by atoms with Crippen LogP contribution in [0, 0.1) is 0 Å². The van der Waals surface area contributed by atoms with Gasteiger partial charge in [0, 0.05) is 29.3 Å². The monoisotopic (exact) mass is 256 g/mol. The summed E-state index contributed by atoms with van der Waals surface area (Å²) < 4.78 is 6.42. The van der Waals surface area contributed by atoms with Gasteiger partial charge in [0.15, 0.2) is 0 Å². The molecule has 0 spiro atoms. The van der Waals surface area contributed by atoms with Crippen LogP contribution in [-0.2, 0) is 0 Å². The Balaban J connectivity index is 1.66. The summed E-state index contributed by atoms with van der Waals surface area (Å²) >= 11 is 3.32. The van der Waals surface area contributed by atoms with E-state index in [1.807, 2.05) is 12.1 Å². The van der Waals surface area contributed by atoms with Crippen molar-refractivity contribution in [2.75, 3.05) is 13.2 Å². The summed E-state index contributed by atoms with van der Waals surface area (Å²) in [6.07, 6.45) is 4.37. The van der Waals surface area contributed by atoms with Crippen LogP contribution in [0.4, 0.5) is 0 Å². The Kier molecular flexibility index (Phi) is 3.37.